The molecule has 2 aromatic carbocycles. The molecule has 3 aromatic rings. The van der Waals surface area contributed by atoms with Gasteiger partial charge in [0, 0.05) is 40.8 Å². The molecule has 0 N–H and O–H groups in total. The van der Waals surface area contributed by atoms with Crippen molar-refractivity contribution in [2.75, 3.05) is 13.6 Å². The van der Waals surface area contributed by atoms with Crippen molar-refractivity contribution in [3.8, 4) is 12.0 Å². The molecule has 1 aromatic heterocycles. The predicted octanol–water partition coefficient (Wildman–Crippen LogP) is 4.45. The Morgan fingerprint density at radius 3 is 2.67 bits per heavy atom. The molecular formula is C21H19ClN2. The third-order valence-electron chi connectivity index (χ3n) is 4.66. The van der Waals surface area contributed by atoms with Crippen LogP contribution < -0.4 is 0 Å². The fourth-order valence-corrected chi connectivity index (χ4v) is 3.51. The third kappa shape index (κ3) is 2.71. The van der Waals surface area contributed by atoms with Crippen LogP contribution in [0.3, 0.4) is 0 Å². The summed E-state index contributed by atoms with van der Waals surface area (Å²) in [6.45, 7) is 4.19. The molecule has 2 heterocycles. The van der Waals surface area contributed by atoms with Gasteiger partial charge in [-0.05, 0) is 68.3 Å². The van der Waals surface area contributed by atoms with Crippen molar-refractivity contribution in [2.24, 2.45) is 0 Å². The van der Waals surface area contributed by atoms with Gasteiger partial charge in [0.15, 0.2) is 0 Å². The van der Waals surface area contributed by atoms with Crippen molar-refractivity contribution in [1.29, 1.82) is 0 Å². The lowest BCUT2D eigenvalue weighted by Gasteiger charge is -2.23. The minimum Gasteiger partial charge on any atom is -0.300 e. The number of halogens is 1. The van der Waals surface area contributed by atoms with Gasteiger partial charge in [0.2, 0.25) is 0 Å². The fourth-order valence-electron chi connectivity index (χ4n) is 3.39. The van der Waals surface area contributed by atoms with Gasteiger partial charge in [-0.1, -0.05) is 23.2 Å². The van der Waals surface area contributed by atoms with Crippen LogP contribution in [0.4, 0.5) is 0 Å². The Bertz CT molecular complexity index is 971. The van der Waals surface area contributed by atoms with Crippen molar-refractivity contribution < 1.29 is 0 Å². The smallest absolute Gasteiger partial charge is 0.0618 e. The van der Waals surface area contributed by atoms with E-state index in [1.165, 1.54) is 27.7 Å². The van der Waals surface area contributed by atoms with Crippen LogP contribution in [0.1, 0.15) is 22.4 Å². The second-order valence-electron chi connectivity index (χ2n) is 6.51. The van der Waals surface area contributed by atoms with E-state index in [2.05, 4.69) is 53.6 Å². The van der Waals surface area contributed by atoms with Gasteiger partial charge < -0.3 is 4.90 Å². The van der Waals surface area contributed by atoms with E-state index in [-0.39, 0.29) is 0 Å². The number of hydrogen-bond acceptors (Lipinski definition) is 1. The summed E-state index contributed by atoms with van der Waals surface area (Å²) in [5.74, 6) is 3.28. The molecule has 0 bridgehead atoms. The van der Waals surface area contributed by atoms with Crippen LogP contribution in [0.15, 0.2) is 42.5 Å². The molecule has 1 aliphatic heterocycles. The lowest BCUT2D eigenvalue weighted by Crippen LogP contribution is -2.27. The van der Waals surface area contributed by atoms with Crippen molar-refractivity contribution in [1.82, 2.24) is 9.47 Å². The highest BCUT2D eigenvalue weighted by molar-refractivity contribution is 6.30. The van der Waals surface area contributed by atoms with E-state index < -0.39 is 0 Å². The molecule has 120 valence electrons. The summed E-state index contributed by atoms with van der Waals surface area (Å²) < 4.78 is 2.17. The van der Waals surface area contributed by atoms with Crippen LogP contribution in [0.25, 0.3) is 10.9 Å². The number of nitrogens with zero attached hydrogens (tertiary/aromatic N) is 2. The van der Waals surface area contributed by atoms with E-state index in [0.717, 1.165) is 30.1 Å². The second kappa shape index (κ2) is 6.02. The fraction of sp³-hybridized carbons (Fsp3) is 0.238. The molecule has 4 rings (SSSR count). The Morgan fingerprint density at radius 2 is 1.88 bits per heavy atom. The molecule has 0 radical (unpaired) electrons. The zero-order chi connectivity index (χ0) is 16.7. The lowest BCUT2D eigenvalue weighted by molar-refractivity contribution is 0.308. The van der Waals surface area contributed by atoms with Crippen LogP contribution >= 0.6 is 11.6 Å². The highest BCUT2D eigenvalue weighted by atomic mass is 35.5. The first-order valence-electron chi connectivity index (χ1n) is 8.21. The molecule has 0 unspecified atom stereocenters. The van der Waals surface area contributed by atoms with Crippen molar-refractivity contribution >= 4 is 22.5 Å². The number of aryl methyl sites for hydroxylation is 1. The zero-order valence-corrected chi connectivity index (χ0v) is 14.7. The van der Waals surface area contributed by atoms with Crippen LogP contribution in [0.5, 0.6) is 0 Å². The molecule has 1 aliphatic rings. The number of likely N-dealkylation sites (N-methyl/N-ethyl adjacent to an activating group) is 1. The maximum Gasteiger partial charge on any atom is 0.0618 e. The summed E-state index contributed by atoms with van der Waals surface area (Å²) in [7, 11) is 2.17. The Hall–Kier alpha value is -2.21. The molecule has 0 spiro atoms. The number of rotatable bonds is 0. The van der Waals surface area contributed by atoms with Crippen LogP contribution in [0.2, 0.25) is 5.02 Å². The Kier molecular flexibility index (Phi) is 3.84. The van der Waals surface area contributed by atoms with E-state index in [1.54, 1.807) is 0 Å². The summed E-state index contributed by atoms with van der Waals surface area (Å²) in [6, 6.07) is 17.7. The SMILES string of the molecule is Cc1ccc2c(c1)c1c(n2C#Cc2ccc(Cl)cc2)CN(C)CC1. The maximum atomic E-state index is 5.96. The standard InChI is InChI=1S/C21H19ClN2/c1-15-3-8-20-19(13-15)18-10-11-23(2)14-21(18)24(20)12-9-16-4-6-17(22)7-5-16/h3-8,13H,10-11,14H2,1-2H3. The number of aromatic nitrogens is 1. The molecular weight excluding hydrogens is 316 g/mol. The molecule has 0 amide bonds. The average molecular weight is 335 g/mol. The minimum absolute atomic E-state index is 0.737. The molecule has 0 saturated heterocycles. The molecule has 3 heteroatoms. The number of benzene rings is 2. The summed E-state index contributed by atoms with van der Waals surface area (Å²) in [4.78, 5) is 2.36. The highest BCUT2D eigenvalue weighted by Crippen LogP contribution is 2.30. The van der Waals surface area contributed by atoms with Gasteiger partial charge in [0.25, 0.3) is 0 Å². The topological polar surface area (TPSA) is 8.17 Å². The molecule has 24 heavy (non-hydrogen) atoms. The van der Waals surface area contributed by atoms with Crippen LogP contribution in [-0.4, -0.2) is 23.1 Å². The summed E-state index contributed by atoms with van der Waals surface area (Å²) in [5, 5.41) is 2.09. The van der Waals surface area contributed by atoms with E-state index in [9.17, 15) is 0 Å². The van der Waals surface area contributed by atoms with Gasteiger partial charge in [-0.3, -0.25) is 4.57 Å². The van der Waals surface area contributed by atoms with Crippen molar-refractivity contribution in [3.63, 3.8) is 0 Å². The first kappa shape index (κ1) is 15.3. The molecule has 2 nitrogen and oxygen atoms in total. The van der Waals surface area contributed by atoms with E-state index >= 15 is 0 Å². The van der Waals surface area contributed by atoms with Gasteiger partial charge >= 0.3 is 0 Å². The average Bonchev–Trinajstić information content (AvgIpc) is 2.86. The quantitative estimate of drug-likeness (QED) is 0.551. The van der Waals surface area contributed by atoms with E-state index in [0.29, 0.717) is 0 Å². The normalized spacial score (nSPS) is 14.3. The third-order valence-corrected chi connectivity index (χ3v) is 4.91. The molecule has 0 atom stereocenters. The Morgan fingerprint density at radius 1 is 1.08 bits per heavy atom. The van der Waals surface area contributed by atoms with E-state index in [1.807, 2.05) is 24.3 Å². The predicted molar refractivity (Wildman–Crippen MR) is 100 cm³/mol. The van der Waals surface area contributed by atoms with Gasteiger partial charge in [0.05, 0.1) is 5.52 Å². The van der Waals surface area contributed by atoms with Crippen molar-refractivity contribution in [2.45, 2.75) is 19.9 Å². The molecule has 0 saturated carbocycles. The molecule has 0 fully saturated rings. The van der Waals surface area contributed by atoms with Gasteiger partial charge in [-0.2, -0.15) is 0 Å². The lowest BCUT2D eigenvalue weighted by atomic mass is 10.0. The first-order valence-corrected chi connectivity index (χ1v) is 8.58. The first-order chi connectivity index (χ1) is 11.6. The maximum absolute atomic E-state index is 5.96. The minimum atomic E-state index is 0.737. The van der Waals surface area contributed by atoms with Gasteiger partial charge in [-0.25, -0.2) is 0 Å². The largest absolute Gasteiger partial charge is 0.300 e. The zero-order valence-electron chi connectivity index (χ0n) is 13.9. The summed E-state index contributed by atoms with van der Waals surface area (Å²) in [6.07, 6.45) is 1.08. The van der Waals surface area contributed by atoms with Gasteiger partial charge in [-0.15, -0.1) is 0 Å². The van der Waals surface area contributed by atoms with Crippen LogP contribution in [-0.2, 0) is 13.0 Å². The van der Waals surface area contributed by atoms with Gasteiger partial charge in [0.1, 0.15) is 0 Å². The molecule has 0 aliphatic carbocycles. The monoisotopic (exact) mass is 334 g/mol. The summed E-state index contributed by atoms with van der Waals surface area (Å²) in [5.41, 5.74) is 6.27. The number of fused-ring (bicyclic) bond motifs is 3. The van der Waals surface area contributed by atoms with Crippen LogP contribution in [0, 0.1) is 18.9 Å². The van der Waals surface area contributed by atoms with E-state index in [4.69, 9.17) is 11.6 Å². The summed E-state index contributed by atoms with van der Waals surface area (Å²) >= 11 is 5.96. The highest BCUT2D eigenvalue weighted by Gasteiger charge is 2.21. The Labute approximate surface area is 147 Å². The second-order valence-corrected chi connectivity index (χ2v) is 6.95. The number of hydrogen-bond donors (Lipinski definition) is 0. The van der Waals surface area contributed by atoms with Crippen molar-refractivity contribution in [3.05, 3.63) is 69.9 Å². The Balaban J connectivity index is 1.88.